The normalized spacial score (nSPS) is 13.4. The van der Waals surface area contributed by atoms with Gasteiger partial charge in [0.05, 0.1) is 13.7 Å². The van der Waals surface area contributed by atoms with E-state index in [4.69, 9.17) is 14.2 Å². The third kappa shape index (κ3) is 5.87. The lowest BCUT2D eigenvalue weighted by Gasteiger charge is -2.17. The molecule has 0 unspecified atom stereocenters. The second-order valence-corrected chi connectivity index (χ2v) is 7.01. The number of para-hydroxylation sites is 1. The maximum absolute atomic E-state index is 12.2. The van der Waals surface area contributed by atoms with Crippen LogP contribution in [0.3, 0.4) is 0 Å². The third-order valence-corrected chi connectivity index (χ3v) is 5.00. The van der Waals surface area contributed by atoms with Crippen molar-refractivity contribution in [2.45, 2.75) is 32.9 Å². The van der Waals surface area contributed by atoms with Gasteiger partial charge in [-0.3, -0.25) is 4.79 Å². The van der Waals surface area contributed by atoms with Crippen LogP contribution in [0, 0.1) is 0 Å². The summed E-state index contributed by atoms with van der Waals surface area (Å²) in [6.07, 6.45) is 2.15. The molecular weight excluding hydrogens is 368 g/mol. The summed E-state index contributed by atoms with van der Waals surface area (Å²) in [5.74, 6) is 1.24. The first-order valence-electron chi connectivity index (χ1n) is 10.2. The van der Waals surface area contributed by atoms with Crippen LogP contribution in [0.2, 0.25) is 0 Å². The van der Waals surface area contributed by atoms with Gasteiger partial charge in [0, 0.05) is 37.5 Å². The topological polar surface area (TPSA) is 60.0 Å². The molecule has 0 spiro atoms. The fourth-order valence-corrected chi connectivity index (χ4v) is 3.37. The van der Waals surface area contributed by atoms with Crippen molar-refractivity contribution in [3.8, 4) is 11.5 Å². The molecule has 0 aromatic heterocycles. The van der Waals surface area contributed by atoms with Gasteiger partial charge in [-0.25, -0.2) is 0 Å². The molecule has 6 nitrogen and oxygen atoms in total. The van der Waals surface area contributed by atoms with Gasteiger partial charge in [-0.1, -0.05) is 24.3 Å². The van der Waals surface area contributed by atoms with Gasteiger partial charge in [-0.15, -0.1) is 0 Å². The van der Waals surface area contributed by atoms with Gasteiger partial charge in [0.2, 0.25) is 0 Å². The molecule has 0 saturated carbocycles. The Labute approximate surface area is 172 Å². The van der Waals surface area contributed by atoms with Gasteiger partial charge < -0.3 is 24.4 Å². The van der Waals surface area contributed by atoms with Gasteiger partial charge in [-0.2, -0.15) is 0 Å². The largest absolute Gasteiger partial charge is 0.493 e. The number of nitrogens with one attached hydrogen (secondary N) is 1. The summed E-state index contributed by atoms with van der Waals surface area (Å²) in [5.41, 5.74) is 3.24. The molecule has 2 aromatic carbocycles. The minimum absolute atomic E-state index is 0.0289. The summed E-state index contributed by atoms with van der Waals surface area (Å²) in [4.78, 5) is 14.0. The van der Waals surface area contributed by atoms with Crippen LogP contribution in [0.25, 0.3) is 0 Å². The van der Waals surface area contributed by atoms with Crippen LogP contribution in [0.15, 0.2) is 42.5 Å². The van der Waals surface area contributed by atoms with Crippen LogP contribution >= 0.6 is 0 Å². The van der Waals surface area contributed by atoms with Crippen molar-refractivity contribution in [3.63, 3.8) is 0 Å². The molecule has 1 N–H and O–H groups in total. The maximum Gasteiger partial charge on any atom is 0.260 e. The monoisotopic (exact) mass is 398 g/mol. The van der Waals surface area contributed by atoms with Crippen molar-refractivity contribution in [1.29, 1.82) is 0 Å². The number of amides is 1. The number of benzene rings is 2. The number of anilines is 1. The smallest absolute Gasteiger partial charge is 0.260 e. The minimum atomic E-state index is 0.0289. The van der Waals surface area contributed by atoms with Gasteiger partial charge in [-0.05, 0) is 43.5 Å². The molecule has 0 bridgehead atoms. The zero-order valence-electron chi connectivity index (χ0n) is 17.3. The molecule has 1 aliphatic rings. The van der Waals surface area contributed by atoms with Crippen LogP contribution in [-0.4, -0.2) is 44.2 Å². The van der Waals surface area contributed by atoms with Crippen LogP contribution in [0.1, 0.15) is 30.9 Å². The second-order valence-electron chi connectivity index (χ2n) is 7.01. The highest BCUT2D eigenvalue weighted by Gasteiger charge is 2.18. The number of hydrogen-bond acceptors (Lipinski definition) is 5. The first-order valence-corrected chi connectivity index (χ1v) is 10.2. The van der Waals surface area contributed by atoms with Crippen LogP contribution in [0.4, 0.5) is 5.69 Å². The first kappa shape index (κ1) is 21.0. The number of methoxy groups -OCH3 is 1. The lowest BCUT2D eigenvalue weighted by atomic mass is 10.1. The molecule has 1 saturated heterocycles. The third-order valence-electron chi connectivity index (χ3n) is 5.00. The van der Waals surface area contributed by atoms with E-state index in [1.165, 1.54) is 0 Å². The Kier molecular flexibility index (Phi) is 7.76. The predicted octanol–water partition coefficient (Wildman–Crippen LogP) is 3.85. The molecule has 156 valence electrons. The zero-order chi connectivity index (χ0) is 20.5. The van der Waals surface area contributed by atoms with Crippen molar-refractivity contribution < 1.29 is 19.0 Å². The van der Waals surface area contributed by atoms with E-state index in [0.717, 1.165) is 42.7 Å². The number of rotatable bonds is 10. The molecule has 2 aromatic rings. The lowest BCUT2D eigenvalue weighted by Crippen LogP contribution is -2.32. The average Bonchev–Trinajstić information content (AvgIpc) is 3.30. The highest BCUT2D eigenvalue weighted by molar-refractivity contribution is 5.78. The molecule has 29 heavy (non-hydrogen) atoms. The average molecular weight is 399 g/mol. The van der Waals surface area contributed by atoms with E-state index in [-0.39, 0.29) is 12.5 Å². The summed E-state index contributed by atoms with van der Waals surface area (Å²) in [6.45, 7) is 5.60. The van der Waals surface area contributed by atoms with E-state index in [9.17, 15) is 4.79 Å². The van der Waals surface area contributed by atoms with Crippen molar-refractivity contribution in [3.05, 3.63) is 53.6 Å². The number of carbonyl (C=O) groups is 1. The van der Waals surface area contributed by atoms with E-state index < -0.39 is 0 Å². The second kappa shape index (κ2) is 10.7. The summed E-state index contributed by atoms with van der Waals surface area (Å²) >= 11 is 0. The van der Waals surface area contributed by atoms with Crippen molar-refractivity contribution in [2.24, 2.45) is 0 Å². The Balaban J connectivity index is 1.59. The number of carbonyl (C=O) groups excluding carboxylic acids is 1. The standard InChI is InChI=1S/C23H30N2O4/c1-3-28-16-19-8-4-5-9-20(19)24-15-18-10-11-21(22(14-18)27-2)29-17-23(26)25-12-6-7-13-25/h4-5,8-11,14,24H,3,6-7,12-13,15-17H2,1-2H3. The zero-order valence-corrected chi connectivity index (χ0v) is 17.3. The molecular formula is C23H30N2O4. The number of ether oxygens (including phenoxy) is 3. The van der Waals surface area contributed by atoms with Gasteiger partial charge >= 0.3 is 0 Å². The van der Waals surface area contributed by atoms with E-state index in [1.54, 1.807) is 7.11 Å². The Morgan fingerprint density at radius 1 is 1.10 bits per heavy atom. The molecule has 1 amide bonds. The summed E-state index contributed by atoms with van der Waals surface area (Å²) in [7, 11) is 1.61. The summed E-state index contributed by atoms with van der Waals surface area (Å²) in [5, 5.41) is 3.46. The Bertz CT molecular complexity index is 803. The van der Waals surface area contributed by atoms with Gasteiger partial charge in [0.1, 0.15) is 0 Å². The summed E-state index contributed by atoms with van der Waals surface area (Å²) < 4.78 is 16.7. The predicted molar refractivity (Wildman–Crippen MR) is 113 cm³/mol. The number of likely N-dealkylation sites (tertiary alicyclic amines) is 1. The molecule has 1 heterocycles. The van der Waals surface area contributed by atoms with Crippen molar-refractivity contribution in [1.82, 2.24) is 4.90 Å². The van der Waals surface area contributed by atoms with Crippen LogP contribution in [-0.2, 0) is 22.7 Å². The van der Waals surface area contributed by atoms with Crippen molar-refractivity contribution >= 4 is 11.6 Å². The minimum Gasteiger partial charge on any atom is -0.493 e. The van der Waals surface area contributed by atoms with Gasteiger partial charge in [0.25, 0.3) is 5.91 Å². The molecule has 6 heteroatoms. The van der Waals surface area contributed by atoms with Crippen LogP contribution in [0.5, 0.6) is 11.5 Å². The maximum atomic E-state index is 12.2. The summed E-state index contributed by atoms with van der Waals surface area (Å²) in [6, 6.07) is 13.9. The van der Waals surface area contributed by atoms with E-state index in [2.05, 4.69) is 11.4 Å². The molecule has 0 atom stereocenters. The van der Waals surface area contributed by atoms with E-state index in [1.807, 2.05) is 48.2 Å². The number of hydrogen-bond donors (Lipinski definition) is 1. The Hall–Kier alpha value is -2.73. The Morgan fingerprint density at radius 2 is 1.90 bits per heavy atom. The van der Waals surface area contributed by atoms with Gasteiger partial charge in [0.15, 0.2) is 18.1 Å². The lowest BCUT2D eigenvalue weighted by molar-refractivity contribution is -0.132. The SMILES string of the molecule is CCOCc1ccccc1NCc1ccc(OCC(=O)N2CCCC2)c(OC)c1. The first-order chi connectivity index (χ1) is 14.2. The van der Waals surface area contributed by atoms with Crippen molar-refractivity contribution in [2.75, 3.05) is 38.7 Å². The quantitative estimate of drug-likeness (QED) is 0.659. The highest BCUT2D eigenvalue weighted by Crippen LogP contribution is 2.29. The molecule has 3 rings (SSSR count). The van der Waals surface area contributed by atoms with Crippen LogP contribution < -0.4 is 14.8 Å². The molecule has 1 fully saturated rings. The Morgan fingerprint density at radius 3 is 2.66 bits per heavy atom. The molecule has 0 radical (unpaired) electrons. The molecule has 0 aliphatic carbocycles. The fourth-order valence-electron chi connectivity index (χ4n) is 3.37. The van der Waals surface area contributed by atoms with E-state index in [0.29, 0.717) is 31.3 Å². The molecule has 1 aliphatic heterocycles. The number of nitrogens with zero attached hydrogens (tertiary/aromatic N) is 1. The van der Waals surface area contributed by atoms with E-state index >= 15 is 0 Å². The highest BCUT2D eigenvalue weighted by atomic mass is 16.5. The fraction of sp³-hybridized carbons (Fsp3) is 0.435.